The van der Waals surface area contributed by atoms with Crippen LogP contribution in [-0.4, -0.2) is 46.8 Å². The standard InChI is InChI=1S/C26H28N4O5/c1-5-35-24(32)21-14-22-23(31)30(19-10-12-20(34-4)13-11-19)26(3,16-29(22)28-21)25(33)27-15-18-8-6-17(2)7-9-18/h6-14H,5,15-16H2,1-4H3,(H,27,33)/t26-/m0/s1. The van der Waals surface area contributed by atoms with E-state index in [2.05, 4.69) is 10.4 Å². The molecule has 2 amide bonds. The van der Waals surface area contributed by atoms with Crippen molar-refractivity contribution in [2.24, 2.45) is 0 Å². The van der Waals surface area contributed by atoms with Crippen molar-refractivity contribution in [3.63, 3.8) is 0 Å². The van der Waals surface area contributed by atoms with E-state index in [0.717, 1.165) is 11.1 Å². The first-order chi connectivity index (χ1) is 16.8. The highest BCUT2D eigenvalue weighted by Crippen LogP contribution is 2.34. The summed E-state index contributed by atoms with van der Waals surface area (Å²) in [6.07, 6.45) is 0. The summed E-state index contributed by atoms with van der Waals surface area (Å²) >= 11 is 0. The average molecular weight is 477 g/mol. The van der Waals surface area contributed by atoms with Crippen LogP contribution in [0.3, 0.4) is 0 Å². The van der Waals surface area contributed by atoms with Gasteiger partial charge in [0.2, 0.25) is 5.91 Å². The van der Waals surface area contributed by atoms with Crippen molar-refractivity contribution in [1.82, 2.24) is 15.1 Å². The van der Waals surface area contributed by atoms with Gasteiger partial charge in [0.25, 0.3) is 5.91 Å². The van der Waals surface area contributed by atoms with Gasteiger partial charge in [0.15, 0.2) is 5.69 Å². The van der Waals surface area contributed by atoms with Crippen molar-refractivity contribution in [2.45, 2.75) is 39.4 Å². The number of rotatable bonds is 7. The Kier molecular flexibility index (Phi) is 6.59. The zero-order valence-electron chi connectivity index (χ0n) is 20.2. The second-order valence-corrected chi connectivity index (χ2v) is 8.57. The van der Waals surface area contributed by atoms with Gasteiger partial charge in [0, 0.05) is 18.3 Å². The van der Waals surface area contributed by atoms with Gasteiger partial charge in [-0.3, -0.25) is 19.2 Å². The van der Waals surface area contributed by atoms with Gasteiger partial charge in [-0.1, -0.05) is 29.8 Å². The lowest BCUT2D eigenvalue weighted by molar-refractivity contribution is -0.126. The number of anilines is 1. The molecule has 1 aliphatic rings. The Bertz CT molecular complexity index is 1250. The average Bonchev–Trinajstić information content (AvgIpc) is 3.28. The van der Waals surface area contributed by atoms with Gasteiger partial charge >= 0.3 is 5.97 Å². The first-order valence-electron chi connectivity index (χ1n) is 11.3. The summed E-state index contributed by atoms with van der Waals surface area (Å²) in [5.41, 5.74) is 1.49. The maximum absolute atomic E-state index is 13.7. The zero-order chi connectivity index (χ0) is 25.2. The zero-order valence-corrected chi connectivity index (χ0v) is 20.2. The monoisotopic (exact) mass is 476 g/mol. The number of carbonyl (C=O) groups excluding carboxylic acids is 3. The van der Waals surface area contributed by atoms with Crippen molar-refractivity contribution in [1.29, 1.82) is 0 Å². The highest BCUT2D eigenvalue weighted by molar-refractivity contribution is 6.12. The van der Waals surface area contributed by atoms with E-state index in [1.807, 2.05) is 31.2 Å². The number of fused-ring (bicyclic) bond motifs is 1. The van der Waals surface area contributed by atoms with Gasteiger partial charge in [-0.15, -0.1) is 0 Å². The SMILES string of the molecule is CCOC(=O)c1cc2n(n1)C[C@@](C)(C(=O)NCc1ccc(C)cc1)N(c1ccc(OC)cc1)C2=O. The van der Waals surface area contributed by atoms with E-state index in [1.54, 1.807) is 45.2 Å². The molecule has 9 nitrogen and oxygen atoms in total. The van der Waals surface area contributed by atoms with Crippen LogP contribution in [0.5, 0.6) is 5.75 Å². The maximum atomic E-state index is 13.7. The molecule has 35 heavy (non-hydrogen) atoms. The summed E-state index contributed by atoms with van der Waals surface area (Å²) in [5, 5.41) is 7.24. The molecule has 3 aromatic rings. The fraction of sp³-hybridized carbons (Fsp3) is 0.308. The number of methoxy groups -OCH3 is 1. The van der Waals surface area contributed by atoms with Crippen molar-refractivity contribution < 1.29 is 23.9 Å². The van der Waals surface area contributed by atoms with E-state index in [9.17, 15) is 14.4 Å². The topological polar surface area (TPSA) is 103 Å². The van der Waals surface area contributed by atoms with Gasteiger partial charge < -0.3 is 14.8 Å². The molecule has 0 unspecified atom stereocenters. The molecule has 2 heterocycles. The summed E-state index contributed by atoms with van der Waals surface area (Å²) in [6.45, 7) is 5.93. The van der Waals surface area contributed by atoms with Crippen LogP contribution in [0.2, 0.25) is 0 Å². The van der Waals surface area contributed by atoms with Crippen LogP contribution in [0, 0.1) is 6.92 Å². The Balaban J connectivity index is 1.71. The van der Waals surface area contributed by atoms with Crippen LogP contribution in [0.1, 0.15) is 46.0 Å². The largest absolute Gasteiger partial charge is 0.497 e. The van der Waals surface area contributed by atoms with Crippen molar-refractivity contribution >= 4 is 23.5 Å². The summed E-state index contributed by atoms with van der Waals surface area (Å²) in [7, 11) is 1.55. The van der Waals surface area contributed by atoms with E-state index in [1.165, 1.54) is 15.6 Å². The number of hydrogen-bond acceptors (Lipinski definition) is 6. The summed E-state index contributed by atoms with van der Waals surface area (Å²) < 4.78 is 11.7. The Morgan fingerprint density at radius 3 is 2.43 bits per heavy atom. The normalized spacial score (nSPS) is 17.0. The van der Waals surface area contributed by atoms with Crippen molar-refractivity contribution in [3.05, 3.63) is 77.1 Å². The van der Waals surface area contributed by atoms with Gasteiger partial charge in [-0.2, -0.15) is 5.10 Å². The minimum absolute atomic E-state index is 0.0224. The van der Waals surface area contributed by atoms with Crippen molar-refractivity contribution in [2.75, 3.05) is 18.6 Å². The fourth-order valence-corrected chi connectivity index (χ4v) is 4.10. The first-order valence-corrected chi connectivity index (χ1v) is 11.3. The molecule has 0 bridgehead atoms. The third-order valence-corrected chi connectivity index (χ3v) is 6.03. The number of hydrogen-bond donors (Lipinski definition) is 1. The lowest BCUT2D eigenvalue weighted by atomic mass is 9.93. The third-order valence-electron chi connectivity index (χ3n) is 6.03. The molecular weight excluding hydrogens is 448 g/mol. The fourth-order valence-electron chi connectivity index (χ4n) is 4.10. The molecular formula is C26H28N4O5. The summed E-state index contributed by atoms with van der Waals surface area (Å²) in [4.78, 5) is 41.0. The summed E-state index contributed by atoms with van der Waals surface area (Å²) in [5.74, 6) is -0.791. The molecule has 182 valence electrons. The maximum Gasteiger partial charge on any atom is 0.358 e. The number of esters is 1. The molecule has 4 rings (SSSR count). The number of amides is 2. The number of nitrogens with zero attached hydrogens (tertiary/aromatic N) is 3. The number of benzene rings is 2. The number of carbonyl (C=O) groups is 3. The van der Waals surface area contributed by atoms with Crippen LogP contribution >= 0.6 is 0 Å². The Labute approximate surface area is 203 Å². The van der Waals surface area contributed by atoms with Gasteiger partial charge in [0.1, 0.15) is 17.0 Å². The molecule has 0 saturated carbocycles. The van der Waals surface area contributed by atoms with E-state index >= 15 is 0 Å². The van der Waals surface area contributed by atoms with Gasteiger partial charge in [-0.25, -0.2) is 4.79 Å². The number of aryl methyl sites for hydroxylation is 1. The van der Waals surface area contributed by atoms with Gasteiger partial charge in [-0.05, 0) is 50.6 Å². The Morgan fingerprint density at radius 1 is 1.11 bits per heavy atom. The second-order valence-electron chi connectivity index (χ2n) is 8.57. The Hall–Kier alpha value is -4.14. The minimum atomic E-state index is -1.32. The smallest absolute Gasteiger partial charge is 0.358 e. The third kappa shape index (κ3) is 4.62. The molecule has 0 aliphatic carbocycles. The van der Waals surface area contributed by atoms with E-state index in [0.29, 0.717) is 18.0 Å². The van der Waals surface area contributed by atoms with E-state index < -0.39 is 17.4 Å². The predicted octanol–water partition coefficient (Wildman–Crippen LogP) is 3.11. The highest BCUT2D eigenvalue weighted by Gasteiger charge is 2.49. The molecule has 1 aliphatic heterocycles. The molecule has 0 spiro atoms. The number of ether oxygens (including phenoxy) is 2. The lowest BCUT2D eigenvalue weighted by Gasteiger charge is -2.43. The molecule has 1 N–H and O–H groups in total. The highest BCUT2D eigenvalue weighted by atomic mass is 16.5. The molecule has 0 radical (unpaired) electrons. The van der Waals surface area contributed by atoms with E-state index in [4.69, 9.17) is 9.47 Å². The van der Waals surface area contributed by atoms with E-state index in [-0.39, 0.29) is 30.4 Å². The molecule has 2 aromatic carbocycles. The van der Waals surface area contributed by atoms with Crippen LogP contribution < -0.4 is 15.0 Å². The molecule has 1 atom stereocenters. The quantitative estimate of drug-likeness (QED) is 0.526. The number of aromatic nitrogens is 2. The molecule has 9 heteroatoms. The predicted molar refractivity (Wildman–Crippen MR) is 129 cm³/mol. The van der Waals surface area contributed by atoms with Crippen LogP contribution in [0.25, 0.3) is 0 Å². The van der Waals surface area contributed by atoms with Crippen LogP contribution in [-0.2, 0) is 22.6 Å². The first kappa shape index (κ1) is 24.0. The second kappa shape index (κ2) is 9.61. The number of nitrogens with one attached hydrogen (secondary N) is 1. The van der Waals surface area contributed by atoms with Gasteiger partial charge in [0.05, 0.1) is 20.3 Å². The lowest BCUT2D eigenvalue weighted by Crippen LogP contribution is -2.64. The van der Waals surface area contributed by atoms with Crippen LogP contribution in [0.15, 0.2) is 54.6 Å². The minimum Gasteiger partial charge on any atom is -0.497 e. The van der Waals surface area contributed by atoms with Crippen LogP contribution in [0.4, 0.5) is 5.69 Å². The molecule has 0 fully saturated rings. The summed E-state index contributed by atoms with van der Waals surface area (Å²) in [6, 6.07) is 16.1. The van der Waals surface area contributed by atoms with Crippen molar-refractivity contribution in [3.8, 4) is 5.75 Å². The molecule has 1 aromatic heterocycles. The Morgan fingerprint density at radius 2 is 1.80 bits per heavy atom. The molecule has 0 saturated heterocycles.